The highest BCUT2D eigenvalue weighted by molar-refractivity contribution is 5.92. The SMILES string of the molecule is CCn1c(-c2ccc(C(F)(F)F)nc2)nc2c(O[C@H]3CCN(C(=O)c4cocn4)C3)ncnc21. The van der Waals surface area contributed by atoms with E-state index in [1.165, 1.54) is 25.1 Å². The number of ether oxygens (including phenoxy) is 1. The highest BCUT2D eigenvalue weighted by Gasteiger charge is 2.33. The van der Waals surface area contributed by atoms with E-state index in [2.05, 4.69) is 24.9 Å². The number of carbonyl (C=O) groups excluding carboxylic acids is 1. The van der Waals surface area contributed by atoms with Crippen LogP contribution in [-0.4, -0.2) is 59.5 Å². The first-order valence-electron chi connectivity index (χ1n) is 10.4. The first-order chi connectivity index (χ1) is 16.3. The highest BCUT2D eigenvalue weighted by Crippen LogP contribution is 2.31. The predicted octanol–water partition coefficient (Wildman–Crippen LogP) is 3.21. The molecule has 0 aliphatic carbocycles. The molecule has 1 saturated heterocycles. The van der Waals surface area contributed by atoms with Gasteiger partial charge in [-0.05, 0) is 19.1 Å². The first kappa shape index (κ1) is 21.8. The normalized spacial score (nSPS) is 16.4. The van der Waals surface area contributed by atoms with Crippen molar-refractivity contribution >= 4 is 17.1 Å². The van der Waals surface area contributed by atoms with Crippen LogP contribution in [0.4, 0.5) is 13.2 Å². The maximum absolute atomic E-state index is 12.9. The highest BCUT2D eigenvalue weighted by atomic mass is 19.4. The molecule has 1 amide bonds. The molecule has 13 heteroatoms. The van der Waals surface area contributed by atoms with E-state index < -0.39 is 11.9 Å². The van der Waals surface area contributed by atoms with Crippen LogP contribution in [0.3, 0.4) is 0 Å². The van der Waals surface area contributed by atoms with Crippen LogP contribution in [0.2, 0.25) is 0 Å². The summed E-state index contributed by atoms with van der Waals surface area (Å²) in [6.07, 6.45) is 0.695. The molecule has 0 N–H and O–H groups in total. The summed E-state index contributed by atoms with van der Waals surface area (Å²) in [7, 11) is 0. The molecule has 1 atom stereocenters. The molecule has 0 radical (unpaired) electrons. The zero-order chi connectivity index (χ0) is 23.9. The van der Waals surface area contributed by atoms with E-state index >= 15 is 0 Å². The van der Waals surface area contributed by atoms with Gasteiger partial charge in [0.15, 0.2) is 23.3 Å². The topological polar surface area (TPSA) is 112 Å². The quantitative estimate of drug-likeness (QED) is 0.434. The molecule has 0 unspecified atom stereocenters. The minimum absolute atomic E-state index is 0.224. The van der Waals surface area contributed by atoms with Crippen molar-refractivity contribution in [2.24, 2.45) is 0 Å². The van der Waals surface area contributed by atoms with Gasteiger partial charge in [0.05, 0.1) is 6.54 Å². The fraction of sp³-hybridized carbons (Fsp3) is 0.333. The van der Waals surface area contributed by atoms with Crippen LogP contribution in [0.1, 0.15) is 29.5 Å². The number of imidazole rings is 1. The monoisotopic (exact) mass is 473 g/mol. The van der Waals surface area contributed by atoms with Crippen LogP contribution >= 0.6 is 0 Å². The smallest absolute Gasteiger partial charge is 0.433 e. The molecular formula is C21H18F3N7O3. The van der Waals surface area contributed by atoms with Crippen LogP contribution in [0, 0.1) is 0 Å². The third-order valence-electron chi connectivity index (χ3n) is 5.49. The van der Waals surface area contributed by atoms with Gasteiger partial charge in [0.1, 0.15) is 30.2 Å². The van der Waals surface area contributed by atoms with Crippen molar-refractivity contribution in [3.63, 3.8) is 0 Å². The van der Waals surface area contributed by atoms with Crippen molar-refractivity contribution in [1.29, 1.82) is 0 Å². The lowest BCUT2D eigenvalue weighted by Crippen LogP contribution is -2.31. The summed E-state index contributed by atoms with van der Waals surface area (Å²) in [5.41, 5.74) is 0.507. The Kier molecular flexibility index (Phi) is 5.38. The Hall–Kier alpha value is -4.03. The van der Waals surface area contributed by atoms with Crippen LogP contribution < -0.4 is 4.74 Å². The molecule has 0 bridgehead atoms. The zero-order valence-corrected chi connectivity index (χ0v) is 17.9. The molecule has 1 aliphatic heterocycles. The van der Waals surface area contributed by atoms with Gasteiger partial charge in [-0.1, -0.05) is 0 Å². The average Bonchev–Trinajstić information content (AvgIpc) is 3.58. The third-order valence-corrected chi connectivity index (χ3v) is 5.49. The molecule has 5 rings (SSSR count). The molecule has 176 valence electrons. The number of rotatable bonds is 5. The summed E-state index contributed by atoms with van der Waals surface area (Å²) in [4.78, 5) is 34.6. The zero-order valence-electron chi connectivity index (χ0n) is 17.9. The minimum atomic E-state index is -4.53. The molecule has 34 heavy (non-hydrogen) atoms. The summed E-state index contributed by atoms with van der Waals surface area (Å²) >= 11 is 0. The van der Waals surface area contributed by atoms with E-state index in [1.54, 1.807) is 9.47 Å². The molecule has 5 heterocycles. The number of oxazole rings is 1. The van der Waals surface area contributed by atoms with E-state index in [4.69, 9.17) is 9.15 Å². The largest absolute Gasteiger partial charge is 0.471 e. The van der Waals surface area contributed by atoms with Gasteiger partial charge in [-0.3, -0.25) is 9.78 Å². The summed E-state index contributed by atoms with van der Waals surface area (Å²) in [5.74, 6) is 0.387. The number of likely N-dealkylation sites (tertiary alicyclic amines) is 1. The number of aryl methyl sites for hydroxylation is 1. The van der Waals surface area contributed by atoms with E-state index in [0.717, 1.165) is 12.3 Å². The van der Waals surface area contributed by atoms with Gasteiger partial charge < -0.3 is 18.6 Å². The second-order valence-corrected chi connectivity index (χ2v) is 7.61. The summed E-state index contributed by atoms with van der Waals surface area (Å²) in [5, 5.41) is 0. The standard InChI is InChI=1S/C21H18F3N7O3/c1-2-31-17(12-3-4-15(25-7-12)21(22,23)24)29-16-18(31)26-10-27-19(16)34-13-5-6-30(8-13)20(32)14-9-33-11-28-14/h3-4,7,9-11,13H,2,5-6,8H2,1H3/t13-/m0/s1. The van der Waals surface area contributed by atoms with Crippen LogP contribution in [0.15, 0.2) is 41.7 Å². The molecule has 0 saturated carbocycles. The number of amides is 1. The molecular weight excluding hydrogens is 455 g/mol. The van der Waals surface area contributed by atoms with Gasteiger partial charge in [0.25, 0.3) is 5.91 Å². The van der Waals surface area contributed by atoms with Gasteiger partial charge in [-0.25, -0.2) is 15.0 Å². The number of carbonyl (C=O) groups is 1. The number of hydrogen-bond acceptors (Lipinski definition) is 8. The Balaban J connectivity index is 1.41. The van der Waals surface area contributed by atoms with Gasteiger partial charge in [-0.2, -0.15) is 18.2 Å². The maximum atomic E-state index is 12.9. The Morgan fingerprint density at radius 1 is 1.24 bits per heavy atom. The third kappa shape index (κ3) is 3.93. The number of hydrogen-bond donors (Lipinski definition) is 0. The predicted molar refractivity (Wildman–Crippen MR) is 111 cm³/mol. The summed E-state index contributed by atoms with van der Waals surface area (Å²) < 4.78 is 51.4. The van der Waals surface area contributed by atoms with Crippen molar-refractivity contribution in [3.05, 3.63) is 48.7 Å². The van der Waals surface area contributed by atoms with Crippen molar-refractivity contribution in [2.75, 3.05) is 13.1 Å². The van der Waals surface area contributed by atoms with Crippen LogP contribution in [-0.2, 0) is 12.7 Å². The number of alkyl halides is 3. The van der Waals surface area contributed by atoms with Crippen molar-refractivity contribution in [3.8, 4) is 17.3 Å². The molecule has 4 aromatic rings. The lowest BCUT2D eigenvalue weighted by molar-refractivity contribution is -0.141. The van der Waals surface area contributed by atoms with Gasteiger partial charge in [-0.15, -0.1) is 0 Å². The minimum Gasteiger partial charge on any atom is -0.471 e. The molecule has 0 spiro atoms. The molecule has 10 nitrogen and oxygen atoms in total. The Labute approximate surface area is 190 Å². The Morgan fingerprint density at radius 2 is 2.09 bits per heavy atom. The van der Waals surface area contributed by atoms with Crippen molar-refractivity contribution < 1.29 is 27.1 Å². The van der Waals surface area contributed by atoms with Gasteiger partial charge in [0, 0.05) is 31.3 Å². The summed E-state index contributed by atoms with van der Waals surface area (Å²) in [6.45, 7) is 3.15. The van der Waals surface area contributed by atoms with Crippen molar-refractivity contribution in [1.82, 2.24) is 34.4 Å². The van der Waals surface area contributed by atoms with Gasteiger partial charge in [0.2, 0.25) is 5.88 Å². The van der Waals surface area contributed by atoms with Gasteiger partial charge >= 0.3 is 6.18 Å². The molecule has 4 aromatic heterocycles. The number of nitrogens with zero attached hydrogens (tertiary/aromatic N) is 7. The second-order valence-electron chi connectivity index (χ2n) is 7.61. The molecule has 1 aliphatic rings. The lowest BCUT2D eigenvalue weighted by atomic mass is 10.2. The maximum Gasteiger partial charge on any atom is 0.433 e. The van der Waals surface area contributed by atoms with E-state index in [1.807, 2.05) is 6.92 Å². The van der Waals surface area contributed by atoms with E-state index in [-0.39, 0.29) is 23.6 Å². The van der Waals surface area contributed by atoms with E-state index in [0.29, 0.717) is 48.6 Å². The number of pyridine rings is 1. The van der Waals surface area contributed by atoms with Crippen LogP contribution in [0.5, 0.6) is 5.88 Å². The number of fused-ring (bicyclic) bond motifs is 1. The average molecular weight is 473 g/mol. The molecule has 1 fully saturated rings. The lowest BCUT2D eigenvalue weighted by Gasteiger charge is -2.15. The first-order valence-corrected chi connectivity index (χ1v) is 10.4. The molecule has 0 aromatic carbocycles. The number of halogens is 3. The second kappa shape index (κ2) is 8.39. The Bertz CT molecular complexity index is 1320. The Morgan fingerprint density at radius 3 is 2.76 bits per heavy atom. The van der Waals surface area contributed by atoms with Crippen LogP contribution in [0.25, 0.3) is 22.6 Å². The fourth-order valence-corrected chi connectivity index (χ4v) is 3.86. The fourth-order valence-electron chi connectivity index (χ4n) is 3.86. The van der Waals surface area contributed by atoms with Crippen molar-refractivity contribution in [2.45, 2.75) is 32.2 Å². The summed E-state index contributed by atoms with van der Waals surface area (Å²) in [6, 6.07) is 2.23. The number of aromatic nitrogens is 6. The van der Waals surface area contributed by atoms with E-state index in [9.17, 15) is 18.0 Å².